The monoisotopic (exact) mass is 276 g/mol. The lowest BCUT2D eigenvalue weighted by Gasteiger charge is -2.44. The zero-order chi connectivity index (χ0) is 13.9. The molecule has 5 nitrogen and oxygen atoms in total. The van der Waals surface area contributed by atoms with Gasteiger partial charge in [0.05, 0.1) is 18.8 Å². The maximum atomic E-state index is 5.94. The second-order valence-corrected chi connectivity index (χ2v) is 5.68. The fraction of sp³-hybridized carbons (Fsp3) is 0.733. The fourth-order valence-electron chi connectivity index (χ4n) is 3.32. The molecule has 2 heterocycles. The van der Waals surface area contributed by atoms with Gasteiger partial charge in [-0.15, -0.1) is 0 Å². The Balaban J connectivity index is 1.86. The van der Waals surface area contributed by atoms with Crippen LogP contribution in [0.4, 0.5) is 11.8 Å². The summed E-state index contributed by atoms with van der Waals surface area (Å²) in [5, 5.41) is 3.22. The summed E-state index contributed by atoms with van der Waals surface area (Å²) in [4.78, 5) is 11.6. The molecule has 2 atom stereocenters. The lowest BCUT2D eigenvalue weighted by molar-refractivity contribution is -0.00899. The lowest BCUT2D eigenvalue weighted by atomic mass is 9.90. The molecule has 1 aliphatic heterocycles. The topological polar surface area (TPSA) is 50.3 Å². The minimum absolute atomic E-state index is 0.385. The Bertz CT molecular complexity index is 463. The SMILES string of the molecule is CCNc1nc(C)cc(N2CCOC3CCCCC32)n1. The summed E-state index contributed by atoms with van der Waals surface area (Å²) in [5.41, 5.74) is 1.02. The highest BCUT2D eigenvalue weighted by Gasteiger charge is 2.35. The highest BCUT2D eigenvalue weighted by molar-refractivity contribution is 5.46. The third-order valence-corrected chi connectivity index (χ3v) is 4.20. The minimum Gasteiger partial charge on any atom is -0.374 e. The van der Waals surface area contributed by atoms with Crippen molar-refractivity contribution < 1.29 is 4.74 Å². The van der Waals surface area contributed by atoms with Crippen LogP contribution in [-0.2, 0) is 4.74 Å². The highest BCUT2D eigenvalue weighted by Crippen LogP contribution is 2.31. The second kappa shape index (κ2) is 5.95. The third kappa shape index (κ3) is 2.73. The molecule has 1 aromatic rings. The van der Waals surface area contributed by atoms with Crippen molar-refractivity contribution >= 4 is 11.8 Å². The van der Waals surface area contributed by atoms with Crippen LogP contribution in [0.5, 0.6) is 0 Å². The van der Waals surface area contributed by atoms with Crippen molar-refractivity contribution in [3.05, 3.63) is 11.8 Å². The third-order valence-electron chi connectivity index (χ3n) is 4.20. The van der Waals surface area contributed by atoms with E-state index >= 15 is 0 Å². The fourth-order valence-corrected chi connectivity index (χ4v) is 3.32. The van der Waals surface area contributed by atoms with Crippen LogP contribution >= 0.6 is 0 Å². The van der Waals surface area contributed by atoms with E-state index in [4.69, 9.17) is 4.74 Å². The first kappa shape index (κ1) is 13.6. The van der Waals surface area contributed by atoms with Gasteiger partial charge in [0, 0.05) is 24.8 Å². The van der Waals surface area contributed by atoms with Crippen LogP contribution in [0.3, 0.4) is 0 Å². The molecule has 0 amide bonds. The van der Waals surface area contributed by atoms with Gasteiger partial charge in [-0.2, -0.15) is 4.98 Å². The van der Waals surface area contributed by atoms with Crippen molar-refractivity contribution in [2.45, 2.75) is 51.7 Å². The first-order valence-corrected chi connectivity index (χ1v) is 7.75. The zero-order valence-corrected chi connectivity index (χ0v) is 12.4. The summed E-state index contributed by atoms with van der Waals surface area (Å²) in [6, 6.07) is 2.58. The van der Waals surface area contributed by atoms with Crippen LogP contribution in [0.15, 0.2) is 6.07 Å². The van der Waals surface area contributed by atoms with Crippen molar-refractivity contribution in [1.29, 1.82) is 0 Å². The predicted octanol–water partition coefficient (Wildman–Crippen LogP) is 2.36. The van der Waals surface area contributed by atoms with Crippen molar-refractivity contribution in [2.24, 2.45) is 0 Å². The van der Waals surface area contributed by atoms with Gasteiger partial charge in [0.25, 0.3) is 0 Å². The molecule has 20 heavy (non-hydrogen) atoms. The van der Waals surface area contributed by atoms with Crippen molar-refractivity contribution in [3.8, 4) is 0 Å². The van der Waals surface area contributed by atoms with E-state index in [-0.39, 0.29) is 0 Å². The average molecular weight is 276 g/mol. The lowest BCUT2D eigenvalue weighted by Crippen LogP contribution is -2.53. The van der Waals surface area contributed by atoms with Crippen molar-refractivity contribution in [2.75, 3.05) is 29.9 Å². The molecule has 1 saturated carbocycles. The number of morpholine rings is 1. The summed E-state index contributed by atoms with van der Waals surface area (Å²) < 4.78 is 5.94. The van der Waals surface area contributed by atoms with E-state index in [9.17, 15) is 0 Å². The first-order valence-electron chi connectivity index (χ1n) is 7.75. The molecule has 1 saturated heterocycles. The van der Waals surface area contributed by atoms with Gasteiger partial charge in [-0.05, 0) is 26.7 Å². The molecule has 110 valence electrons. The van der Waals surface area contributed by atoms with Gasteiger partial charge in [-0.25, -0.2) is 4.98 Å². The molecule has 1 aliphatic carbocycles. The summed E-state index contributed by atoms with van der Waals surface area (Å²) >= 11 is 0. The quantitative estimate of drug-likeness (QED) is 0.918. The molecule has 0 radical (unpaired) electrons. The van der Waals surface area contributed by atoms with Crippen LogP contribution in [0, 0.1) is 6.92 Å². The van der Waals surface area contributed by atoms with Gasteiger partial charge >= 0.3 is 0 Å². The Morgan fingerprint density at radius 3 is 3.05 bits per heavy atom. The number of aryl methyl sites for hydroxylation is 1. The van der Waals surface area contributed by atoms with Gasteiger partial charge in [0.1, 0.15) is 5.82 Å². The van der Waals surface area contributed by atoms with E-state index in [2.05, 4.69) is 33.2 Å². The van der Waals surface area contributed by atoms with Gasteiger partial charge < -0.3 is 15.0 Å². The Kier molecular flexibility index (Phi) is 4.05. The minimum atomic E-state index is 0.385. The average Bonchev–Trinajstić information content (AvgIpc) is 2.46. The second-order valence-electron chi connectivity index (χ2n) is 5.68. The molecule has 3 rings (SSSR count). The van der Waals surface area contributed by atoms with Crippen molar-refractivity contribution in [3.63, 3.8) is 0 Å². The van der Waals surface area contributed by atoms with E-state index in [1.165, 1.54) is 25.7 Å². The number of ether oxygens (including phenoxy) is 1. The number of hydrogen-bond donors (Lipinski definition) is 1. The van der Waals surface area contributed by atoms with E-state index < -0.39 is 0 Å². The largest absolute Gasteiger partial charge is 0.374 e. The number of aromatic nitrogens is 2. The molecule has 0 spiro atoms. The van der Waals surface area contributed by atoms with E-state index in [1.54, 1.807) is 0 Å². The number of nitrogens with zero attached hydrogens (tertiary/aromatic N) is 3. The summed E-state index contributed by atoms with van der Waals surface area (Å²) in [7, 11) is 0. The summed E-state index contributed by atoms with van der Waals surface area (Å²) in [6.07, 6.45) is 5.37. The molecule has 5 heteroatoms. The smallest absolute Gasteiger partial charge is 0.224 e. The maximum Gasteiger partial charge on any atom is 0.224 e. The molecule has 0 bridgehead atoms. The van der Waals surface area contributed by atoms with Gasteiger partial charge in [-0.1, -0.05) is 12.8 Å². The number of nitrogens with one attached hydrogen (secondary N) is 1. The van der Waals surface area contributed by atoms with E-state index in [0.29, 0.717) is 12.1 Å². The standard InChI is InChI=1S/C15H24N4O/c1-3-16-15-17-11(2)10-14(18-15)19-8-9-20-13-7-5-4-6-12(13)19/h10,12-13H,3-9H2,1-2H3,(H,16,17,18). The summed E-state index contributed by atoms with van der Waals surface area (Å²) in [6.45, 7) is 6.68. The molecule has 1 aromatic heterocycles. The molecular formula is C15H24N4O. The Morgan fingerprint density at radius 2 is 2.20 bits per heavy atom. The van der Waals surface area contributed by atoms with Crippen LogP contribution in [0.25, 0.3) is 0 Å². The van der Waals surface area contributed by atoms with Crippen LogP contribution in [-0.4, -0.2) is 41.8 Å². The molecular weight excluding hydrogens is 252 g/mol. The van der Waals surface area contributed by atoms with Crippen molar-refractivity contribution in [1.82, 2.24) is 9.97 Å². The molecule has 1 N–H and O–H groups in total. The van der Waals surface area contributed by atoms with E-state index in [1.807, 2.05) is 6.92 Å². The Labute approximate surface area is 120 Å². The molecule has 0 aromatic carbocycles. The normalized spacial score (nSPS) is 26.2. The van der Waals surface area contributed by atoms with Crippen LogP contribution < -0.4 is 10.2 Å². The highest BCUT2D eigenvalue weighted by atomic mass is 16.5. The van der Waals surface area contributed by atoms with E-state index in [0.717, 1.165) is 37.2 Å². The summed E-state index contributed by atoms with van der Waals surface area (Å²) in [5.74, 6) is 1.79. The van der Waals surface area contributed by atoms with Crippen LogP contribution in [0.1, 0.15) is 38.3 Å². The van der Waals surface area contributed by atoms with Gasteiger partial charge in [0.2, 0.25) is 5.95 Å². The number of hydrogen-bond acceptors (Lipinski definition) is 5. The Hall–Kier alpha value is -1.36. The maximum absolute atomic E-state index is 5.94. The van der Waals surface area contributed by atoms with Gasteiger partial charge in [-0.3, -0.25) is 0 Å². The van der Waals surface area contributed by atoms with Gasteiger partial charge in [0.15, 0.2) is 0 Å². The molecule has 2 unspecified atom stereocenters. The molecule has 2 fully saturated rings. The zero-order valence-electron chi connectivity index (χ0n) is 12.4. The number of rotatable bonds is 3. The predicted molar refractivity (Wildman–Crippen MR) is 80.3 cm³/mol. The first-order chi connectivity index (χ1) is 9.78. The molecule has 2 aliphatic rings. The number of fused-ring (bicyclic) bond motifs is 1. The number of anilines is 2. The Morgan fingerprint density at radius 1 is 1.35 bits per heavy atom. The van der Waals surface area contributed by atoms with Crippen LogP contribution in [0.2, 0.25) is 0 Å².